The van der Waals surface area contributed by atoms with Crippen LogP contribution in [0.5, 0.6) is 0 Å². The van der Waals surface area contributed by atoms with Crippen LogP contribution in [-0.4, -0.2) is 37.2 Å². The van der Waals surface area contributed by atoms with Gasteiger partial charge in [0, 0.05) is 32.3 Å². The predicted octanol–water partition coefficient (Wildman–Crippen LogP) is 2.49. The first-order valence-electron chi connectivity index (χ1n) is 7.21. The molecule has 19 heavy (non-hydrogen) atoms. The van der Waals surface area contributed by atoms with E-state index in [4.69, 9.17) is 10.5 Å². The van der Waals surface area contributed by atoms with Crippen molar-refractivity contribution in [3.05, 3.63) is 35.4 Å². The van der Waals surface area contributed by atoms with Crippen LogP contribution in [-0.2, 0) is 4.74 Å². The Labute approximate surface area is 116 Å². The Morgan fingerprint density at radius 3 is 2.63 bits per heavy atom. The Kier molecular flexibility index (Phi) is 4.97. The summed E-state index contributed by atoms with van der Waals surface area (Å²) >= 11 is 0. The maximum absolute atomic E-state index is 5.95. The molecule has 0 radical (unpaired) electrons. The van der Waals surface area contributed by atoms with Gasteiger partial charge in [-0.15, -0.1) is 0 Å². The van der Waals surface area contributed by atoms with Gasteiger partial charge in [-0.1, -0.05) is 29.8 Å². The summed E-state index contributed by atoms with van der Waals surface area (Å²) in [5.41, 5.74) is 8.64. The van der Waals surface area contributed by atoms with Crippen molar-refractivity contribution in [2.45, 2.75) is 44.9 Å². The van der Waals surface area contributed by atoms with Gasteiger partial charge in [0.25, 0.3) is 0 Å². The second-order valence-corrected chi connectivity index (χ2v) is 5.60. The Morgan fingerprint density at radius 2 is 2.05 bits per heavy atom. The zero-order valence-electron chi connectivity index (χ0n) is 12.3. The number of likely N-dealkylation sites (tertiary alicyclic amines) is 1. The number of benzene rings is 1. The van der Waals surface area contributed by atoms with E-state index in [0.717, 1.165) is 19.4 Å². The van der Waals surface area contributed by atoms with Gasteiger partial charge in [-0.05, 0) is 32.3 Å². The molecule has 2 N–H and O–H groups in total. The maximum Gasteiger partial charge on any atom is 0.0599 e. The quantitative estimate of drug-likeness (QED) is 0.906. The fourth-order valence-corrected chi connectivity index (χ4v) is 3.02. The van der Waals surface area contributed by atoms with Gasteiger partial charge in [0.15, 0.2) is 0 Å². The molecule has 0 aliphatic carbocycles. The summed E-state index contributed by atoms with van der Waals surface area (Å²) in [5, 5.41) is 0. The molecule has 0 spiro atoms. The topological polar surface area (TPSA) is 38.5 Å². The normalized spacial score (nSPS) is 26.3. The molecule has 1 heterocycles. The minimum absolute atomic E-state index is 0.370. The summed E-state index contributed by atoms with van der Waals surface area (Å²) in [7, 11) is 1.80. The summed E-state index contributed by atoms with van der Waals surface area (Å²) in [6.07, 6.45) is 2.52. The predicted molar refractivity (Wildman–Crippen MR) is 79.2 cm³/mol. The maximum atomic E-state index is 5.95. The molecule has 0 saturated carbocycles. The fourth-order valence-electron chi connectivity index (χ4n) is 3.02. The van der Waals surface area contributed by atoms with Gasteiger partial charge < -0.3 is 10.5 Å². The number of aryl methyl sites for hydroxylation is 1. The molecule has 1 saturated heterocycles. The molecule has 106 valence electrons. The van der Waals surface area contributed by atoms with Gasteiger partial charge in [0.1, 0.15) is 0 Å². The second kappa shape index (κ2) is 6.51. The molecular weight excluding hydrogens is 236 g/mol. The number of rotatable bonds is 4. The van der Waals surface area contributed by atoms with Crippen LogP contribution in [0.4, 0.5) is 0 Å². The van der Waals surface area contributed by atoms with Crippen LogP contribution < -0.4 is 5.73 Å². The van der Waals surface area contributed by atoms with Gasteiger partial charge in [0.05, 0.1) is 6.10 Å². The Morgan fingerprint density at radius 1 is 1.37 bits per heavy atom. The van der Waals surface area contributed by atoms with Crippen LogP contribution in [0.2, 0.25) is 0 Å². The van der Waals surface area contributed by atoms with Crippen LogP contribution in [0.3, 0.4) is 0 Å². The van der Waals surface area contributed by atoms with Crippen LogP contribution >= 0.6 is 0 Å². The zero-order chi connectivity index (χ0) is 13.8. The Hall–Kier alpha value is -0.900. The average Bonchev–Trinajstić information content (AvgIpc) is 2.46. The van der Waals surface area contributed by atoms with E-state index < -0.39 is 0 Å². The number of nitrogens with two attached hydrogens (primary N) is 1. The first-order valence-corrected chi connectivity index (χ1v) is 7.21. The van der Waals surface area contributed by atoms with E-state index >= 15 is 0 Å². The van der Waals surface area contributed by atoms with Gasteiger partial charge in [-0.3, -0.25) is 4.90 Å². The van der Waals surface area contributed by atoms with Gasteiger partial charge in [-0.25, -0.2) is 0 Å². The molecule has 2 rings (SSSR count). The van der Waals surface area contributed by atoms with Crippen LogP contribution in [0, 0.1) is 6.92 Å². The number of piperidine rings is 1. The minimum atomic E-state index is 0.370. The van der Waals surface area contributed by atoms with Crippen molar-refractivity contribution < 1.29 is 4.74 Å². The zero-order valence-corrected chi connectivity index (χ0v) is 12.3. The number of methoxy groups -OCH3 is 1. The molecule has 1 aliphatic heterocycles. The molecule has 3 unspecified atom stereocenters. The van der Waals surface area contributed by atoms with E-state index in [2.05, 4.69) is 43.0 Å². The lowest BCUT2D eigenvalue weighted by Gasteiger charge is -2.42. The monoisotopic (exact) mass is 262 g/mol. The lowest BCUT2D eigenvalue weighted by molar-refractivity contribution is -0.00164. The van der Waals surface area contributed by atoms with E-state index in [9.17, 15) is 0 Å². The molecule has 1 aromatic carbocycles. The number of hydrogen-bond acceptors (Lipinski definition) is 3. The van der Waals surface area contributed by atoms with Crippen LogP contribution in [0.25, 0.3) is 0 Å². The van der Waals surface area contributed by atoms with Crippen LogP contribution in [0.1, 0.15) is 36.9 Å². The molecule has 0 amide bonds. The van der Waals surface area contributed by atoms with Crippen molar-refractivity contribution >= 4 is 0 Å². The van der Waals surface area contributed by atoms with E-state index in [0.29, 0.717) is 24.7 Å². The van der Waals surface area contributed by atoms with Crippen molar-refractivity contribution in [1.82, 2.24) is 4.90 Å². The number of hydrogen-bond donors (Lipinski definition) is 1. The highest BCUT2D eigenvalue weighted by atomic mass is 16.5. The summed E-state index contributed by atoms with van der Waals surface area (Å²) in [6, 6.07) is 9.68. The summed E-state index contributed by atoms with van der Waals surface area (Å²) in [4.78, 5) is 2.53. The standard InChI is InChI=1S/C16H26N2O/c1-12-4-6-14(7-5-12)13(2)18-9-8-16(19-3)10-15(18)11-17/h4-7,13,15-16H,8-11,17H2,1-3H3. The lowest BCUT2D eigenvalue weighted by atomic mass is 9.95. The molecule has 3 nitrogen and oxygen atoms in total. The first-order chi connectivity index (χ1) is 9.15. The highest BCUT2D eigenvalue weighted by Gasteiger charge is 2.30. The third-order valence-corrected chi connectivity index (χ3v) is 4.38. The summed E-state index contributed by atoms with van der Waals surface area (Å²) in [6.45, 7) is 6.17. The minimum Gasteiger partial charge on any atom is -0.381 e. The van der Waals surface area contributed by atoms with Crippen molar-refractivity contribution in [2.75, 3.05) is 20.2 Å². The SMILES string of the molecule is COC1CCN(C(C)c2ccc(C)cc2)C(CN)C1. The Balaban J connectivity index is 2.09. The van der Waals surface area contributed by atoms with E-state index in [1.54, 1.807) is 7.11 Å². The first kappa shape index (κ1) is 14.5. The smallest absolute Gasteiger partial charge is 0.0599 e. The van der Waals surface area contributed by atoms with Crippen molar-refractivity contribution in [2.24, 2.45) is 5.73 Å². The molecule has 0 aromatic heterocycles. The largest absolute Gasteiger partial charge is 0.381 e. The lowest BCUT2D eigenvalue weighted by Crippen LogP contribution is -2.49. The van der Waals surface area contributed by atoms with Gasteiger partial charge >= 0.3 is 0 Å². The highest BCUT2D eigenvalue weighted by molar-refractivity contribution is 5.24. The summed E-state index contributed by atoms with van der Waals surface area (Å²) < 4.78 is 5.49. The molecule has 1 fully saturated rings. The summed E-state index contributed by atoms with van der Waals surface area (Å²) in [5.74, 6) is 0. The number of nitrogens with zero attached hydrogens (tertiary/aromatic N) is 1. The third-order valence-electron chi connectivity index (χ3n) is 4.38. The van der Waals surface area contributed by atoms with Gasteiger partial charge in [-0.2, -0.15) is 0 Å². The molecule has 0 bridgehead atoms. The molecular formula is C16H26N2O. The second-order valence-electron chi connectivity index (χ2n) is 5.60. The van der Waals surface area contributed by atoms with Crippen molar-refractivity contribution in [3.63, 3.8) is 0 Å². The molecule has 1 aromatic rings. The van der Waals surface area contributed by atoms with E-state index in [-0.39, 0.29) is 0 Å². The van der Waals surface area contributed by atoms with Gasteiger partial charge in [0.2, 0.25) is 0 Å². The van der Waals surface area contributed by atoms with Crippen molar-refractivity contribution in [3.8, 4) is 0 Å². The average molecular weight is 262 g/mol. The van der Waals surface area contributed by atoms with E-state index in [1.165, 1.54) is 11.1 Å². The fraction of sp³-hybridized carbons (Fsp3) is 0.625. The Bertz CT molecular complexity index is 390. The van der Waals surface area contributed by atoms with E-state index in [1.807, 2.05) is 0 Å². The third kappa shape index (κ3) is 3.35. The number of ether oxygens (including phenoxy) is 1. The molecule has 3 heteroatoms. The molecule has 1 aliphatic rings. The molecule has 3 atom stereocenters. The van der Waals surface area contributed by atoms with Crippen molar-refractivity contribution in [1.29, 1.82) is 0 Å². The highest BCUT2D eigenvalue weighted by Crippen LogP contribution is 2.29. The van der Waals surface area contributed by atoms with Crippen LogP contribution in [0.15, 0.2) is 24.3 Å².